The molecule has 8 rings (SSSR count). The van der Waals surface area contributed by atoms with Crippen LogP contribution >= 0.6 is 11.3 Å². The number of nitriles is 1. The quantitative estimate of drug-likeness (QED) is 0.104. The molecule has 55 heavy (non-hydrogen) atoms. The summed E-state index contributed by atoms with van der Waals surface area (Å²) in [6.07, 6.45) is 4.66. The Labute approximate surface area is 330 Å². The predicted octanol–water partition coefficient (Wildman–Crippen LogP) is 9.22. The zero-order chi connectivity index (χ0) is 38.7. The molecule has 2 aliphatic rings. The summed E-state index contributed by atoms with van der Waals surface area (Å²) >= 11 is 1.52. The number of nitrogens with zero attached hydrogens (tertiary/aromatic N) is 5. The van der Waals surface area contributed by atoms with Gasteiger partial charge in [0.2, 0.25) is 5.88 Å². The molecule has 6 aromatic rings. The van der Waals surface area contributed by atoms with E-state index in [0.29, 0.717) is 24.8 Å². The van der Waals surface area contributed by atoms with Gasteiger partial charge in [0.25, 0.3) is 8.32 Å². The van der Waals surface area contributed by atoms with Gasteiger partial charge >= 0.3 is 0 Å². The third-order valence-electron chi connectivity index (χ3n) is 11.3. The van der Waals surface area contributed by atoms with Crippen molar-refractivity contribution in [3.05, 3.63) is 100 Å². The number of fused-ring (bicyclic) bond motifs is 2. The molecule has 1 saturated carbocycles. The van der Waals surface area contributed by atoms with Crippen molar-refractivity contribution in [1.82, 2.24) is 19.3 Å². The molecule has 0 amide bonds. The highest BCUT2D eigenvalue weighted by Crippen LogP contribution is 2.54. The van der Waals surface area contributed by atoms with Gasteiger partial charge in [0.15, 0.2) is 0 Å². The molecule has 284 valence electrons. The Morgan fingerprint density at radius 2 is 1.75 bits per heavy atom. The lowest BCUT2D eigenvalue weighted by Gasteiger charge is -2.41. The van der Waals surface area contributed by atoms with Crippen LogP contribution in [0.25, 0.3) is 33.4 Å². The number of hydrogen-bond donors (Lipinski definition) is 1. The zero-order valence-corrected chi connectivity index (χ0v) is 35.8. The van der Waals surface area contributed by atoms with E-state index in [1.165, 1.54) is 11.3 Å². The first kappa shape index (κ1) is 37.6. The molecule has 1 aliphatic carbocycles. The first-order chi connectivity index (χ1) is 26.3. The van der Waals surface area contributed by atoms with Crippen molar-refractivity contribution in [1.29, 1.82) is 5.26 Å². The summed E-state index contributed by atoms with van der Waals surface area (Å²) in [5.41, 5.74) is 6.71. The number of thiophene rings is 1. The van der Waals surface area contributed by atoms with Gasteiger partial charge < -0.3 is 18.8 Å². The van der Waals surface area contributed by atoms with E-state index in [1.54, 1.807) is 0 Å². The molecule has 0 bridgehead atoms. The maximum atomic E-state index is 13.1. The average Bonchev–Trinajstić information content (AvgIpc) is 3.73. The summed E-state index contributed by atoms with van der Waals surface area (Å²) in [5.74, 6) is 1.02. The Balaban J connectivity index is 1.37. The topological polar surface area (TPSA) is 98.1 Å². The third kappa shape index (κ3) is 6.72. The SMILES string of the molecule is Cc1cc(-c2c(-c3c(C4CC4)nn4c3OCCC4c3ccccc3[Si](O)(c3ccccc3)C(C)(C)C)n(COCC[Si](C)(C)C)c3ncccc23)c(C#N)s1. The minimum absolute atomic E-state index is 0.151. The van der Waals surface area contributed by atoms with Crippen LogP contribution in [-0.4, -0.2) is 53.7 Å². The Morgan fingerprint density at radius 3 is 2.45 bits per heavy atom. The van der Waals surface area contributed by atoms with E-state index in [1.807, 2.05) is 30.5 Å². The smallest absolute Gasteiger partial charge is 0.258 e. The van der Waals surface area contributed by atoms with Gasteiger partial charge in [-0.3, -0.25) is 0 Å². The van der Waals surface area contributed by atoms with Gasteiger partial charge in [0.1, 0.15) is 23.3 Å². The monoisotopic (exact) mass is 785 g/mol. The highest BCUT2D eigenvalue weighted by Gasteiger charge is 2.50. The molecule has 0 radical (unpaired) electrons. The van der Waals surface area contributed by atoms with E-state index in [-0.39, 0.29) is 17.0 Å². The van der Waals surface area contributed by atoms with Crippen molar-refractivity contribution >= 4 is 49.1 Å². The molecule has 2 unspecified atom stereocenters. The second-order valence-corrected chi connectivity index (χ2v) is 28.4. The van der Waals surface area contributed by atoms with E-state index < -0.39 is 16.4 Å². The molecule has 1 aliphatic heterocycles. The largest absolute Gasteiger partial charge is 0.477 e. The fourth-order valence-electron chi connectivity index (χ4n) is 8.27. The molecule has 4 aromatic heterocycles. The lowest BCUT2D eigenvalue weighted by atomic mass is 9.97. The van der Waals surface area contributed by atoms with Crippen LogP contribution in [0.5, 0.6) is 5.88 Å². The van der Waals surface area contributed by atoms with Crippen molar-refractivity contribution in [3.8, 4) is 34.3 Å². The molecule has 0 spiro atoms. The van der Waals surface area contributed by atoms with Crippen molar-refractivity contribution in [2.24, 2.45) is 0 Å². The Bertz CT molecular complexity index is 2410. The van der Waals surface area contributed by atoms with Crippen LogP contribution in [0.1, 0.15) is 73.0 Å². The number of aromatic nitrogens is 4. The number of hydrogen-bond acceptors (Lipinski definition) is 7. The van der Waals surface area contributed by atoms with Gasteiger partial charge in [-0.05, 0) is 65.0 Å². The van der Waals surface area contributed by atoms with Gasteiger partial charge in [-0.2, -0.15) is 10.4 Å². The Kier molecular flexibility index (Phi) is 9.79. The number of rotatable bonds is 11. The lowest BCUT2D eigenvalue weighted by molar-refractivity contribution is 0.0909. The molecule has 1 fully saturated rings. The standard InChI is InChI=1S/C44H51N5O3SSi2/c1-29-26-34(36(27-45)53-29)38-33-17-13-22-46-42(33)48(28-51-24-25-54(5,6)7)41(38)39-40(30-19-20-30)47-49-35(21-23-52-43(39)49)32-16-11-12-18-37(32)55(50,44(2,3)4)31-14-9-8-10-15-31/h8-18,22,26,30,35,50H,19-21,23-25,28H2,1-7H3. The zero-order valence-electron chi connectivity index (χ0n) is 33.0. The van der Waals surface area contributed by atoms with Crippen molar-refractivity contribution in [3.63, 3.8) is 0 Å². The fraction of sp³-hybridized carbons (Fsp3) is 0.386. The molecule has 11 heteroatoms. The van der Waals surface area contributed by atoms with Crippen LogP contribution < -0.4 is 15.1 Å². The molecular formula is C44H51N5O3SSi2. The summed E-state index contributed by atoms with van der Waals surface area (Å²) in [6.45, 7) is 17.1. The highest BCUT2D eigenvalue weighted by atomic mass is 32.1. The first-order valence-electron chi connectivity index (χ1n) is 19.5. The summed E-state index contributed by atoms with van der Waals surface area (Å²) in [5, 5.41) is 18.6. The van der Waals surface area contributed by atoms with Crippen LogP contribution in [0.3, 0.4) is 0 Å². The van der Waals surface area contributed by atoms with Crippen LogP contribution in [0.15, 0.2) is 79.0 Å². The lowest BCUT2D eigenvalue weighted by Crippen LogP contribution is -2.65. The van der Waals surface area contributed by atoms with Gasteiger partial charge in [0, 0.05) is 54.6 Å². The fourth-order valence-corrected chi connectivity index (χ4v) is 13.5. The van der Waals surface area contributed by atoms with Crippen molar-refractivity contribution < 1.29 is 14.3 Å². The minimum Gasteiger partial charge on any atom is -0.477 e. The van der Waals surface area contributed by atoms with Gasteiger partial charge in [0.05, 0.1) is 29.6 Å². The van der Waals surface area contributed by atoms with Crippen molar-refractivity contribution in [2.45, 2.75) is 96.4 Å². The summed E-state index contributed by atoms with van der Waals surface area (Å²) < 4.78 is 17.6. The van der Waals surface area contributed by atoms with Crippen LogP contribution in [0, 0.1) is 18.3 Å². The predicted molar refractivity (Wildman–Crippen MR) is 228 cm³/mol. The normalized spacial score (nSPS) is 17.1. The minimum atomic E-state index is -3.30. The van der Waals surface area contributed by atoms with Gasteiger partial charge in [-0.1, -0.05) is 95.0 Å². The molecule has 2 atom stereocenters. The first-order valence-corrected chi connectivity index (χ1v) is 26.0. The average molecular weight is 786 g/mol. The highest BCUT2D eigenvalue weighted by molar-refractivity contribution is 7.13. The second kappa shape index (κ2) is 14.3. The summed E-state index contributed by atoms with van der Waals surface area (Å²) in [4.78, 5) is 19.8. The van der Waals surface area contributed by atoms with E-state index >= 15 is 0 Å². The Morgan fingerprint density at radius 1 is 1.00 bits per heavy atom. The number of ether oxygens (including phenoxy) is 2. The molecule has 2 aromatic carbocycles. The molecule has 5 heterocycles. The van der Waals surface area contributed by atoms with Crippen LogP contribution in [-0.2, 0) is 11.5 Å². The van der Waals surface area contributed by atoms with E-state index in [0.717, 1.165) is 91.1 Å². The summed E-state index contributed by atoms with van der Waals surface area (Å²) in [6, 6.07) is 28.4. The molecule has 0 saturated heterocycles. The molecule has 8 nitrogen and oxygen atoms in total. The van der Waals surface area contributed by atoms with E-state index in [2.05, 4.69) is 111 Å². The van der Waals surface area contributed by atoms with Crippen LogP contribution in [0.2, 0.25) is 30.7 Å². The third-order valence-corrected chi connectivity index (χ3v) is 18.5. The Hall–Kier alpha value is -4.32. The molecule has 1 N–H and O–H groups in total. The number of benzene rings is 2. The van der Waals surface area contributed by atoms with Gasteiger partial charge in [-0.25, -0.2) is 9.67 Å². The van der Waals surface area contributed by atoms with E-state index in [9.17, 15) is 10.1 Å². The maximum absolute atomic E-state index is 13.1. The number of pyridine rings is 1. The van der Waals surface area contributed by atoms with Gasteiger partial charge in [-0.15, -0.1) is 11.3 Å². The number of aryl methyl sites for hydroxylation is 1. The molecular weight excluding hydrogens is 735 g/mol. The maximum Gasteiger partial charge on any atom is 0.258 e. The summed E-state index contributed by atoms with van der Waals surface area (Å²) in [7, 11) is -4.63. The van der Waals surface area contributed by atoms with E-state index in [4.69, 9.17) is 19.6 Å². The second-order valence-electron chi connectivity index (χ2n) is 17.4. The van der Waals surface area contributed by atoms with Crippen molar-refractivity contribution in [2.75, 3.05) is 13.2 Å². The van der Waals surface area contributed by atoms with Crippen LogP contribution in [0.4, 0.5) is 0 Å².